The Morgan fingerprint density at radius 1 is 1.53 bits per heavy atom. The van der Waals surface area contributed by atoms with Crippen molar-refractivity contribution >= 4 is 11.8 Å². The van der Waals surface area contributed by atoms with Crippen molar-refractivity contribution < 1.29 is 14.2 Å². The second-order valence-corrected chi connectivity index (χ2v) is 6.28. The number of ether oxygens (including phenoxy) is 1. The predicted octanol–water partition coefficient (Wildman–Crippen LogP) is 2.91. The Kier molecular flexibility index (Phi) is 2.60. The number of halogens is 1. The lowest BCUT2D eigenvalue weighted by molar-refractivity contribution is -0.0105. The first-order valence-electron chi connectivity index (χ1n) is 5.89. The van der Waals surface area contributed by atoms with E-state index in [1.165, 1.54) is 12.1 Å². The molecule has 1 aromatic rings. The van der Waals surface area contributed by atoms with E-state index < -0.39 is 6.10 Å². The van der Waals surface area contributed by atoms with E-state index >= 15 is 0 Å². The number of thioether (sulfide) groups is 1. The van der Waals surface area contributed by atoms with E-state index in [0.717, 1.165) is 12.2 Å². The molecule has 0 saturated carbocycles. The van der Waals surface area contributed by atoms with Crippen LogP contribution in [0.3, 0.4) is 0 Å². The van der Waals surface area contributed by atoms with Crippen molar-refractivity contribution in [2.24, 2.45) is 0 Å². The van der Waals surface area contributed by atoms with Gasteiger partial charge in [0.1, 0.15) is 17.2 Å². The molecule has 1 spiro atoms. The van der Waals surface area contributed by atoms with Gasteiger partial charge in [-0.25, -0.2) is 4.39 Å². The fourth-order valence-corrected chi connectivity index (χ4v) is 4.12. The summed E-state index contributed by atoms with van der Waals surface area (Å²) in [6, 6.07) is 4.38. The molecule has 0 amide bonds. The van der Waals surface area contributed by atoms with Crippen molar-refractivity contribution in [1.82, 2.24) is 0 Å². The average Bonchev–Trinajstić information content (AvgIpc) is 2.59. The molecule has 1 fully saturated rings. The summed E-state index contributed by atoms with van der Waals surface area (Å²) in [5.74, 6) is 1.24. The molecule has 2 aliphatic rings. The summed E-state index contributed by atoms with van der Waals surface area (Å²) in [5, 5.41) is 10.5. The van der Waals surface area contributed by atoms with Gasteiger partial charge >= 0.3 is 0 Å². The van der Waals surface area contributed by atoms with Gasteiger partial charge in [0, 0.05) is 23.3 Å². The molecule has 2 aliphatic heterocycles. The smallest absolute Gasteiger partial charge is 0.128 e. The summed E-state index contributed by atoms with van der Waals surface area (Å²) in [6.07, 6.45) is 0.992. The summed E-state index contributed by atoms with van der Waals surface area (Å²) < 4.78 is 19.3. The van der Waals surface area contributed by atoms with Gasteiger partial charge < -0.3 is 9.84 Å². The molecule has 2 nitrogen and oxygen atoms in total. The molecule has 4 heteroatoms. The molecular formula is C13H15FO2S. The minimum Gasteiger partial charge on any atom is -0.485 e. The first-order valence-corrected chi connectivity index (χ1v) is 6.94. The third-order valence-electron chi connectivity index (χ3n) is 3.82. The van der Waals surface area contributed by atoms with Crippen molar-refractivity contribution in [2.45, 2.75) is 36.7 Å². The molecule has 0 aliphatic carbocycles. The fraction of sp³-hybridized carbons (Fsp3) is 0.538. The molecule has 0 aromatic heterocycles. The zero-order valence-electron chi connectivity index (χ0n) is 9.65. The Bertz CT molecular complexity index is 451. The van der Waals surface area contributed by atoms with Crippen LogP contribution in [0.15, 0.2) is 18.2 Å². The molecule has 2 unspecified atom stereocenters. The van der Waals surface area contributed by atoms with E-state index in [9.17, 15) is 9.50 Å². The SMILES string of the molecule is CC1SCCC12C[C@H](O)c1ccc(F)cc1O2. The first kappa shape index (κ1) is 11.4. The molecule has 1 saturated heterocycles. The van der Waals surface area contributed by atoms with Crippen molar-refractivity contribution in [1.29, 1.82) is 0 Å². The van der Waals surface area contributed by atoms with Crippen molar-refractivity contribution in [3.05, 3.63) is 29.6 Å². The van der Waals surface area contributed by atoms with E-state index in [1.807, 2.05) is 11.8 Å². The predicted molar refractivity (Wildman–Crippen MR) is 65.9 cm³/mol. The third kappa shape index (κ3) is 1.74. The largest absolute Gasteiger partial charge is 0.485 e. The van der Waals surface area contributed by atoms with Gasteiger partial charge in [0.15, 0.2) is 0 Å². The van der Waals surface area contributed by atoms with E-state index in [4.69, 9.17) is 4.74 Å². The maximum atomic E-state index is 13.2. The number of fused-ring (bicyclic) bond motifs is 1. The third-order valence-corrected chi connectivity index (χ3v) is 5.19. The summed E-state index contributed by atoms with van der Waals surface area (Å²) in [4.78, 5) is 0. The van der Waals surface area contributed by atoms with Crippen LogP contribution < -0.4 is 4.74 Å². The Hall–Kier alpha value is -0.740. The molecular weight excluding hydrogens is 239 g/mol. The molecule has 92 valence electrons. The van der Waals surface area contributed by atoms with Crippen LogP contribution in [-0.4, -0.2) is 21.7 Å². The van der Waals surface area contributed by atoms with Gasteiger partial charge in [0.2, 0.25) is 0 Å². The number of hydrogen-bond acceptors (Lipinski definition) is 3. The van der Waals surface area contributed by atoms with E-state index in [1.54, 1.807) is 6.07 Å². The van der Waals surface area contributed by atoms with Crippen LogP contribution >= 0.6 is 11.8 Å². The highest BCUT2D eigenvalue weighted by molar-refractivity contribution is 8.00. The summed E-state index contributed by atoms with van der Waals surface area (Å²) >= 11 is 1.85. The normalized spacial score (nSPS) is 35.7. The maximum absolute atomic E-state index is 13.2. The minimum atomic E-state index is -0.541. The molecule has 3 atom stereocenters. The monoisotopic (exact) mass is 254 g/mol. The van der Waals surface area contributed by atoms with Crippen molar-refractivity contribution in [3.8, 4) is 5.75 Å². The Labute approximate surface area is 104 Å². The Morgan fingerprint density at radius 3 is 3.06 bits per heavy atom. The van der Waals surface area contributed by atoms with Gasteiger partial charge in [-0.1, -0.05) is 0 Å². The summed E-state index contributed by atoms with van der Waals surface area (Å²) in [5.41, 5.74) is 0.395. The average molecular weight is 254 g/mol. The lowest BCUT2D eigenvalue weighted by atomic mass is 9.85. The Morgan fingerprint density at radius 2 is 2.35 bits per heavy atom. The van der Waals surface area contributed by atoms with Gasteiger partial charge in [0.25, 0.3) is 0 Å². The molecule has 1 aromatic carbocycles. The van der Waals surface area contributed by atoms with Gasteiger partial charge in [-0.15, -0.1) is 0 Å². The van der Waals surface area contributed by atoms with E-state index in [2.05, 4.69) is 6.92 Å². The highest BCUT2D eigenvalue weighted by Gasteiger charge is 2.48. The fourth-order valence-electron chi connectivity index (χ4n) is 2.74. The molecule has 17 heavy (non-hydrogen) atoms. The maximum Gasteiger partial charge on any atom is 0.128 e. The molecule has 2 heterocycles. The number of hydrogen-bond donors (Lipinski definition) is 1. The van der Waals surface area contributed by atoms with Crippen LogP contribution in [0.25, 0.3) is 0 Å². The topological polar surface area (TPSA) is 29.5 Å². The number of aliphatic hydroxyl groups is 1. The first-order chi connectivity index (χ1) is 8.11. The number of aliphatic hydroxyl groups excluding tert-OH is 1. The number of benzene rings is 1. The molecule has 0 radical (unpaired) electrons. The minimum absolute atomic E-state index is 0.314. The summed E-state index contributed by atoms with van der Waals surface area (Å²) in [6.45, 7) is 2.12. The van der Waals surface area contributed by atoms with Gasteiger partial charge in [-0.2, -0.15) is 11.8 Å². The standard InChI is InChI=1S/C13H15FO2S/c1-8-13(4-5-17-8)7-11(15)10-3-2-9(14)6-12(10)16-13/h2-3,6,8,11,15H,4-5,7H2,1H3/t8?,11-,13?/m0/s1. The van der Waals surface area contributed by atoms with Crippen LogP contribution in [0.1, 0.15) is 31.4 Å². The van der Waals surface area contributed by atoms with Crippen LogP contribution in [0.5, 0.6) is 5.75 Å². The van der Waals surface area contributed by atoms with Crippen LogP contribution in [0.4, 0.5) is 4.39 Å². The molecule has 3 rings (SSSR count). The van der Waals surface area contributed by atoms with Crippen molar-refractivity contribution in [3.63, 3.8) is 0 Å². The zero-order valence-corrected chi connectivity index (χ0v) is 10.5. The second-order valence-electron chi connectivity index (χ2n) is 4.83. The quantitative estimate of drug-likeness (QED) is 0.772. The number of rotatable bonds is 0. The highest BCUT2D eigenvalue weighted by atomic mass is 32.2. The lowest BCUT2D eigenvalue weighted by Crippen LogP contribution is -2.45. The van der Waals surface area contributed by atoms with Gasteiger partial charge in [-0.05, 0) is 31.2 Å². The van der Waals surface area contributed by atoms with Gasteiger partial charge in [0.05, 0.1) is 6.10 Å². The Balaban J connectivity index is 2.02. The van der Waals surface area contributed by atoms with Crippen molar-refractivity contribution in [2.75, 3.05) is 5.75 Å². The van der Waals surface area contributed by atoms with Crippen LogP contribution in [-0.2, 0) is 0 Å². The van der Waals surface area contributed by atoms with Crippen LogP contribution in [0, 0.1) is 5.82 Å². The second kappa shape index (κ2) is 3.89. The molecule has 1 N–H and O–H groups in total. The van der Waals surface area contributed by atoms with Gasteiger partial charge in [-0.3, -0.25) is 0 Å². The zero-order chi connectivity index (χ0) is 12.0. The summed E-state index contributed by atoms with van der Waals surface area (Å²) in [7, 11) is 0. The van der Waals surface area contributed by atoms with E-state index in [-0.39, 0.29) is 11.4 Å². The van der Waals surface area contributed by atoms with Crippen LogP contribution in [0.2, 0.25) is 0 Å². The van der Waals surface area contributed by atoms with E-state index in [0.29, 0.717) is 23.0 Å². The molecule has 0 bridgehead atoms. The lowest BCUT2D eigenvalue weighted by Gasteiger charge is -2.40. The highest BCUT2D eigenvalue weighted by Crippen LogP contribution is 2.49.